The molecule has 0 saturated heterocycles. The van der Waals surface area contributed by atoms with Crippen LogP contribution in [0.1, 0.15) is 11.5 Å². The molecule has 0 amide bonds. The lowest BCUT2D eigenvalue weighted by Crippen LogP contribution is -2.08. The van der Waals surface area contributed by atoms with Gasteiger partial charge in [0.05, 0.1) is 28.8 Å². The normalized spacial score (nSPS) is 10.8. The molecule has 2 aromatic heterocycles. The van der Waals surface area contributed by atoms with Gasteiger partial charge in [-0.3, -0.25) is 0 Å². The van der Waals surface area contributed by atoms with Gasteiger partial charge in [0.2, 0.25) is 0 Å². The molecule has 0 bridgehead atoms. The van der Waals surface area contributed by atoms with Crippen LogP contribution in [0, 0.1) is 11.3 Å². The number of benzene rings is 2. The van der Waals surface area contributed by atoms with Crippen LogP contribution < -0.4 is 5.32 Å². The average Bonchev–Trinajstić information content (AvgIpc) is 2.96. The maximum Gasteiger partial charge on any atom is 0.186 e. The van der Waals surface area contributed by atoms with Gasteiger partial charge >= 0.3 is 0 Å². The van der Waals surface area contributed by atoms with E-state index in [4.69, 9.17) is 0 Å². The van der Waals surface area contributed by atoms with Crippen LogP contribution >= 0.6 is 0 Å². The number of aryl methyl sites for hydroxylation is 1. The van der Waals surface area contributed by atoms with E-state index in [0.717, 1.165) is 27.8 Å². The first-order chi connectivity index (χ1) is 11.8. The van der Waals surface area contributed by atoms with Gasteiger partial charge in [0.25, 0.3) is 0 Å². The first kappa shape index (κ1) is 14.2. The number of anilines is 1. The van der Waals surface area contributed by atoms with E-state index in [0.29, 0.717) is 12.2 Å². The molecule has 6 nitrogen and oxygen atoms in total. The van der Waals surface area contributed by atoms with E-state index >= 15 is 0 Å². The van der Waals surface area contributed by atoms with E-state index in [2.05, 4.69) is 26.6 Å². The van der Waals surface area contributed by atoms with Crippen molar-refractivity contribution >= 4 is 27.6 Å². The van der Waals surface area contributed by atoms with E-state index < -0.39 is 0 Å². The molecule has 0 aliphatic carbocycles. The number of para-hydroxylation sites is 2. The minimum atomic E-state index is 0.285. The number of aromatic nitrogens is 4. The van der Waals surface area contributed by atoms with Crippen LogP contribution in [0.5, 0.6) is 0 Å². The Hall–Kier alpha value is -3.46. The summed E-state index contributed by atoms with van der Waals surface area (Å²) in [7, 11) is 1.99. The van der Waals surface area contributed by atoms with Crippen molar-refractivity contribution in [3.8, 4) is 6.07 Å². The quantitative estimate of drug-likeness (QED) is 0.629. The van der Waals surface area contributed by atoms with Crippen LogP contribution in [0.3, 0.4) is 0 Å². The van der Waals surface area contributed by atoms with E-state index in [1.54, 1.807) is 0 Å². The number of imidazole rings is 1. The summed E-state index contributed by atoms with van der Waals surface area (Å²) in [4.78, 5) is 4.64. The molecule has 0 atom stereocenters. The number of nitriles is 1. The van der Waals surface area contributed by atoms with Crippen molar-refractivity contribution in [1.29, 1.82) is 5.26 Å². The molecular formula is C18H14N6. The molecule has 0 fully saturated rings. The number of nitrogens with one attached hydrogen (secondary N) is 1. The zero-order chi connectivity index (χ0) is 16.5. The Morgan fingerprint density at radius 3 is 2.58 bits per heavy atom. The Bertz CT molecular complexity index is 1090. The molecule has 0 saturated carbocycles. The predicted molar refractivity (Wildman–Crippen MR) is 92.3 cm³/mol. The van der Waals surface area contributed by atoms with Crippen molar-refractivity contribution in [2.24, 2.45) is 7.05 Å². The Labute approximate surface area is 138 Å². The number of hydrogen-bond acceptors (Lipinski definition) is 5. The Balaban J connectivity index is 1.74. The summed E-state index contributed by atoms with van der Waals surface area (Å²) in [5, 5.41) is 21.6. The summed E-state index contributed by atoms with van der Waals surface area (Å²) >= 11 is 0. The van der Waals surface area contributed by atoms with Gasteiger partial charge in [0.1, 0.15) is 11.9 Å². The smallest absolute Gasteiger partial charge is 0.186 e. The van der Waals surface area contributed by atoms with Gasteiger partial charge in [-0.25, -0.2) is 4.98 Å². The molecule has 4 rings (SSSR count). The highest BCUT2D eigenvalue weighted by Crippen LogP contribution is 2.24. The Morgan fingerprint density at radius 1 is 1.04 bits per heavy atom. The summed E-state index contributed by atoms with van der Waals surface area (Å²) in [5.41, 5.74) is 3.76. The van der Waals surface area contributed by atoms with Gasteiger partial charge in [0, 0.05) is 12.4 Å². The molecule has 4 aromatic rings. The second kappa shape index (κ2) is 5.63. The molecule has 0 aliphatic heterocycles. The Morgan fingerprint density at radius 2 is 1.79 bits per heavy atom. The molecule has 6 heteroatoms. The van der Waals surface area contributed by atoms with Crippen LogP contribution in [-0.4, -0.2) is 19.7 Å². The van der Waals surface area contributed by atoms with E-state index in [1.165, 1.54) is 0 Å². The van der Waals surface area contributed by atoms with Gasteiger partial charge in [-0.1, -0.05) is 30.3 Å². The third-order valence-corrected chi connectivity index (χ3v) is 4.08. The van der Waals surface area contributed by atoms with Crippen molar-refractivity contribution in [3.05, 3.63) is 60.0 Å². The van der Waals surface area contributed by atoms with Crippen LogP contribution in [0.15, 0.2) is 48.5 Å². The molecule has 0 spiro atoms. The Kier molecular flexibility index (Phi) is 3.32. The summed E-state index contributed by atoms with van der Waals surface area (Å²) in [5.74, 6) is 0.890. The standard InChI is InChI=1S/C18H14N6/c1-24-16-9-5-4-8-14(16)21-17(24)11-20-18-12-6-2-3-7-13(12)22-23-15(18)10-19/h2-9H,11H2,1H3,(H,20,22). The van der Waals surface area contributed by atoms with Crippen molar-refractivity contribution in [2.75, 3.05) is 5.32 Å². The SMILES string of the molecule is Cn1c(CNc2c(C#N)nnc3ccccc23)nc2ccccc21. The molecule has 24 heavy (non-hydrogen) atoms. The van der Waals surface area contributed by atoms with E-state index in [1.807, 2.05) is 60.1 Å². The first-order valence-electron chi connectivity index (χ1n) is 7.57. The van der Waals surface area contributed by atoms with Crippen molar-refractivity contribution in [3.63, 3.8) is 0 Å². The van der Waals surface area contributed by atoms with Gasteiger partial charge in [0.15, 0.2) is 5.69 Å². The van der Waals surface area contributed by atoms with Crippen molar-refractivity contribution in [2.45, 2.75) is 6.54 Å². The van der Waals surface area contributed by atoms with Gasteiger partial charge in [-0.05, 0) is 18.2 Å². The van der Waals surface area contributed by atoms with Gasteiger partial charge in [-0.2, -0.15) is 5.26 Å². The summed E-state index contributed by atoms with van der Waals surface area (Å²) in [6, 6.07) is 17.7. The molecule has 0 unspecified atom stereocenters. The topological polar surface area (TPSA) is 79.4 Å². The fraction of sp³-hybridized carbons (Fsp3) is 0.111. The van der Waals surface area contributed by atoms with E-state index in [9.17, 15) is 5.26 Å². The fourth-order valence-corrected chi connectivity index (χ4v) is 2.83. The number of rotatable bonds is 3. The number of fused-ring (bicyclic) bond motifs is 2. The van der Waals surface area contributed by atoms with Crippen LogP contribution in [-0.2, 0) is 13.6 Å². The minimum absolute atomic E-state index is 0.285. The van der Waals surface area contributed by atoms with Crippen LogP contribution in [0.2, 0.25) is 0 Å². The number of nitrogens with zero attached hydrogens (tertiary/aromatic N) is 5. The molecule has 116 valence electrons. The lowest BCUT2D eigenvalue weighted by atomic mass is 10.1. The van der Waals surface area contributed by atoms with Gasteiger partial charge < -0.3 is 9.88 Å². The highest BCUT2D eigenvalue weighted by Gasteiger charge is 2.12. The van der Waals surface area contributed by atoms with Crippen molar-refractivity contribution in [1.82, 2.24) is 19.7 Å². The van der Waals surface area contributed by atoms with Crippen molar-refractivity contribution < 1.29 is 0 Å². The largest absolute Gasteiger partial charge is 0.375 e. The third kappa shape index (κ3) is 2.23. The molecular weight excluding hydrogens is 300 g/mol. The minimum Gasteiger partial charge on any atom is -0.375 e. The zero-order valence-electron chi connectivity index (χ0n) is 13.1. The zero-order valence-corrected chi connectivity index (χ0v) is 13.1. The molecule has 2 heterocycles. The highest BCUT2D eigenvalue weighted by atomic mass is 15.1. The van der Waals surface area contributed by atoms with Crippen LogP contribution in [0.25, 0.3) is 21.9 Å². The lowest BCUT2D eigenvalue weighted by Gasteiger charge is -2.10. The van der Waals surface area contributed by atoms with Gasteiger partial charge in [-0.15, -0.1) is 10.2 Å². The van der Waals surface area contributed by atoms with E-state index in [-0.39, 0.29) is 5.69 Å². The molecule has 1 N–H and O–H groups in total. The fourth-order valence-electron chi connectivity index (χ4n) is 2.83. The maximum absolute atomic E-state index is 9.33. The maximum atomic E-state index is 9.33. The predicted octanol–water partition coefficient (Wildman–Crippen LogP) is 3.00. The lowest BCUT2D eigenvalue weighted by molar-refractivity contribution is 0.834. The summed E-state index contributed by atoms with van der Waals surface area (Å²) in [6.07, 6.45) is 0. The molecule has 0 radical (unpaired) electrons. The number of hydrogen-bond donors (Lipinski definition) is 1. The highest BCUT2D eigenvalue weighted by molar-refractivity contribution is 5.92. The second-order valence-corrected chi connectivity index (χ2v) is 5.48. The molecule has 2 aromatic carbocycles. The average molecular weight is 314 g/mol. The summed E-state index contributed by atoms with van der Waals surface area (Å²) < 4.78 is 2.05. The van der Waals surface area contributed by atoms with Crippen LogP contribution in [0.4, 0.5) is 5.69 Å². The third-order valence-electron chi connectivity index (χ3n) is 4.08. The molecule has 0 aliphatic rings. The monoisotopic (exact) mass is 314 g/mol. The summed E-state index contributed by atoms with van der Waals surface area (Å²) in [6.45, 7) is 0.496. The first-order valence-corrected chi connectivity index (χ1v) is 7.57. The second-order valence-electron chi connectivity index (χ2n) is 5.48.